The molecule has 2 aliphatic rings. The average Bonchev–Trinajstić information content (AvgIpc) is 3.45. The second kappa shape index (κ2) is 12.3. The van der Waals surface area contributed by atoms with Crippen molar-refractivity contribution in [3.63, 3.8) is 0 Å². The quantitative estimate of drug-likeness (QED) is 0.297. The van der Waals surface area contributed by atoms with E-state index in [4.69, 9.17) is 14.2 Å². The number of amides is 1. The van der Waals surface area contributed by atoms with E-state index in [0.29, 0.717) is 23.2 Å². The Labute approximate surface area is 236 Å². The minimum absolute atomic E-state index is 0.00533. The number of ether oxygens (including phenoxy) is 4. The van der Waals surface area contributed by atoms with Gasteiger partial charge in [0.15, 0.2) is 16.6 Å². The summed E-state index contributed by atoms with van der Waals surface area (Å²) < 4.78 is 37.6. The second-order valence-corrected chi connectivity index (χ2v) is 11.4. The molecule has 2 aromatic carbocycles. The van der Waals surface area contributed by atoms with Crippen LogP contribution in [0, 0.1) is 5.82 Å². The van der Waals surface area contributed by atoms with Crippen molar-refractivity contribution in [2.24, 2.45) is 0 Å². The third-order valence-electron chi connectivity index (χ3n) is 7.50. The molecule has 0 radical (unpaired) electrons. The summed E-state index contributed by atoms with van der Waals surface area (Å²) in [5, 5.41) is 5.28. The van der Waals surface area contributed by atoms with E-state index in [9.17, 15) is 14.0 Å². The average molecular weight is 569 g/mol. The number of anilines is 1. The first kappa shape index (κ1) is 28.0. The summed E-state index contributed by atoms with van der Waals surface area (Å²) in [6.07, 6.45) is 7.59. The van der Waals surface area contributed by atoms with E-state index in [1.54, 1.807) is 6.20 Å². The summed E-state index contributed by atoms with van der Waals surface area (Å²) in [7, 11) is 1.20. The van der Waals surface area contributed by atoms with Gasteiger partial charge in [-0.1, -0.05) is 6.92 Å². The number of aromatic nitrogens is 1. The monoisotopic (exact) mass is 568 g/mol. The fraction of sp³-hybridized carbons (Fsp3) is 0.433. The summed E-state index contributed by atoms with van der Waals surface area (Å²) >= 11 is 1.38. The SMILES string of the molecule is COC(=O)c1ccc(Oc2cc3c(cc2OCC2CCCCO2)CCC[C@]3(C)CC(=O)Nc2nccs2)cc1F. The second-order valence-electron chi connectivity index (χ2n) is 10.5. The van der Waals surface area contributed by atoms with Crippen LogP contribution in [0.2, 0.25) is 0 Å². The largest absolute Gasteiger partial charge is 0.487 e. The third kappa shape index (κ3) is 6.45. The lowest BCUT2D eigenvalue weighted by Crippen LogP contribution is -2.32. The predicted molar refractivity (Wildman–Crippen MR) is 149 cm³/mol. The first-order valence-corrected chi connectivity index (χ1v) is 14.4. The molecular weight excluding hydrogens is 535 g/mol. The predicted octanol–water partition coefficient (Wildman–Crippen LogP) is 6.43. The zero-order valence-corrected chi connectivity index (χ0v) is 23.5. The van der Waals surface area contributed by atoms with E-state index in [1.807, 2.05) is 17.5 Å². The van der Waals surface area contributed by atoms with Crippen LogP contribution in [0.3, 0.4) is 0 Å². The normalized spacial score (nSPS) is 20.3. The van der Waals surface area contributed by atoms with Crippen LogP contribution in [0.1, 0.15) is 66.9 Å². The summed E-state index contributed by atoms with van der Waals surface area (Å²) in [5.41, 5.74) is 1.47. The smallest absolute Gasteiger partial charge is 0.340 e. The number of hydrogen-bond donors (Lipinski definition) is 1. The number of nitrogens with one attached hydrogen (secondary N) is 1. The van der Waals surface area contributed by atoms with Crippen molar-refractivity contribution in [3.05, 3.63) is 64.4 Å². The summed E-state index contributed by atoms with van der Waals surface area (Å²) in [5.74, 6) is -0.466. The standard InChI is InChI=1S/C30H33FN2O6S/c1-30(17-27(34)33-29-32-11-13-40-29)10-5-6-19-14-25(38-18-21-7-3-4-12-37-21)26(16-23(19)30)39-20-8-9-22(24(31)15-20)28(35)36-2/h8-9,11,13-16,21H,3-7,10,12,17-18H2,1-2H3,(H,32,33,34)/t21?,30-/m1/s1. The molecule has 1 unspecified atom stereocenters. The highest BCUT2D eigenvalue weighted by Crippen LogP contribution is 2.45. The van der Waals surface area contributed by atoms with Crippen LogP contribution in [0.4, 0.5) is 9.52 Å². The molecule has 1 amide bonds. The van der Waals surface area contributed by atoms with Gasteiger partial charge in [0.2, 0.25) is 5.91 Å². The number of carbonyl (C=O) groups is 2. The van der Waals surface area contributed by atoms with Crippen LogP contribution in [0.25, 0.3) is 0 Å². The van der Waals surface area contributed by atoms with Gasteiger partial charge in [0.1, 0.15) is 18.2 Å². The zero-order valence-electron chi connectivity index (χ0n) is 22.7. The van der Waals surface area contributed by atoms with Crippen LogP contribution >= 0.6 is 11.3 Å². The Balaban J connectivity index is 1.45. The molecule has 2 atom stereocenters. The summed E-state index contributed by atoms with van der Waals surface area (Å²) in [6.45, 7) is 3.17. The van der Waals surface area contributed by atoms with Crippen molar-refractivity contribution in [3.8, 4) is 17.2 Å². The lowest BCUT2D eigenvalue weighted by molar-refractivity contribution is -0.117. The van der Waals surface area contributed by atoms with E-state index in [1.165, 1.54) is 30.6 Å². The van der Waals surface area contributed by atoms with Crippen LogP contribution < -0.4 is 14.8 Å². The van der Waals surface area contributed by atoms with Crippen molar-refractivity contribution >= 4 is 28.3 Å². The van der Waals surface area contributed by atoms with E-state index < -0.39 is 17.2 Å². The molecule has 8 nitrogen and oxygen atoms in total. The molecule has 3 aromatic rings. The van der Waals surface area contributed by atoms with E-state index in [0.717, 1.165) is 62.3 Å². The molecule has 5 rings (SSSR count). The Hall–Kier alpha value is -3.50. The lowest BCUT2D eigenvalue weighted by Gasteiger charge is -2.36. The van der Waals surface area contributed by atoms with Gasteiger partial charge in [-0.25, -0.2) is 14.2 Å². The maximum atomic E-state index is 14.7. The van der Waals surface area contributed by atoms with Crippen LogP contribution in [0.15, 0.2) is 41.9 Å². The fourth-order valence-electron chi connectivity index (χ4n) is 5.44. The summed E-state index contributed by atoms with van der Waals surface area (Å²) in [4.78, 5) is 29.0. The van der Waals surface area contributed by atoms with E-state index in [2.05, 4.69) is 22.0 Å². The van der Waals surface area contributed by atoms with Gasteiger partial charge in [0.05, 0.1) is 18.8 Å². The van der Waals surface area contributed by atoms with E-state index >= 15 is 0 Å². The number of aryl methyl sites for hydroxylation is 1. The molecule has 1 aliphatic heterocycles. The molecule has 40 heavy (non-hydrogen) atoms. The number of fused-ring (bicyclic) bond motifs is 1. The number of carbonyl (C=O) groups excluding carboxylic acids is 2. The van der Waals surface area contributed by atoms with Crippen LogP contribution in [-0.4, -0.2) is 43.3 Å². The number of thiazole rings is 1. The summed E-state index contributed by atoms with van der Waals surface area (Å²) in [6, 6.07) is 7.89. The number of hydrogen-bond acceptors (Lipinski definition) is 8. The van der Waals surface area contributed by atoms with Crippen LogP contribution in [-0.2, 0) is 26.1 Å². The van der Waals surface area contributed by atoms with Crippen molar-refractivity contribution in [1.29, 1.82) is 0 Å². The topological polar surface area (TPSA) is 96.0 Å². The van der Waals surface area contributed by atoms with Crippen molar-refractivity contribution in [2.45, 2.75) is 63.4 Å². The molecule has 1 fully saturated rings. The Bertz CT molecular complexity index is 1360. The Kier molecular flexibility index (Phi) is 8.66. The van der Waals surface area contributed by atoms with Crippen molar-refractivity contribution in [1.82, 2.24) is 4.98 Å². The Morgan fingerprint density at radius 2 is 2.08 bits per heavy atom. The molecule has 212 valence electrons. The minimum Gasteiger partial charge on any atom is -0.487 e. The maximum absolute atomic E-state index is 14.7. The Morgan fingerprint density at radius 3 is 2.80 bits per heavy atom. The van der Waals surface area contributed by atoms with Gasteiger partial charge >= 0.3 is 5.97 Å². The molecule has 0 spiro atoms. The van der Waals surface area contributed by atoms with Gasteiger partial charge in [0.25, 0.3) is 0 Å². The molecule has 0 bridgehead atoms. The minimum atomic E-state index is -0.763. The number of benzene rings is 2. The van der Waals surface area contributed by atoms with Gasteiger partial charge in [-0.05, 0) is 73.9 Å². The van der Waals surface area contributed by atoms with Gasteiger partial charge in [-0.2, -0.15) is 0 Å². The molecule has 2 heterocycles. The maximum Gasteiger partial charge on any atom is 0.340 e. The highest BCUT2D eigenvalue weighted by molar-refractivity contribution is 7.13. The number of esters is 1. The van der Waals surface area contributed by atoms with Crippen molar-refractivity contribution in [2.75, 3.05) is 25.6 Å². The number of methoxy groups -OCH3 is 1. The highest BCUT2D eigenvalue weighted by Gasteiger charge is 2.36. The molecule has 1 N–H and O–H groups in total. The first-order chi connectivity index (χ1) is 19.3. The fourth-order valence-corrected chi connectivity index (χ4v) is 5.98. The van der Waals surface area contributed by atoms with Gasteiger partial charge < -0.3 is 24.3 Å². The number of halogens is 1. The van der Waals surface area contributed by atoms with Crippen molar-refractivity contribution < 1.29 is 32.9 Å². The molecule has 0 saturated carbocycles. The molecule has 1 saturated heterocycles. The molecule has 1 aliphatic carbocycles. The van der Waals surface area contributed by atoms with Gasteiger partial charge in [-0.3, -0.25) is 4.79 Å². The number of nitrogens with zero attached hydrogens (tertiary/aromatic N) is 1. The first-order valence-electron chi connectivity index (χ1n) is 13.5. The molecular formula is C30H33FN2O6S. The highest BCUT2D eigenvalue weighted by atomic mass is 32.1. The van der Waals surface area contributed by atoms with Gasteiger partial charge in [0, 0.05) is 36.1 Å². The molecule has 10 heteroatoms. The van der Waals surface area contributed by atoms with Crippen LogP contribution in [0.5, 0.6) is 17.2 Å². The Morgan fingerprint density at radius 1 is 1.20 bits per heavy atom. The lowest BCUT2D eigenvalue weighted by atomic mass is 9.69. The van der Waals surface area contributed by atoms with E-state index in [-0.39, 0.29) is 29.7 Å². The number of rotatable bonds is 9. The zero-order chi connectivity index (χ0) is 28.1. The molecule has 1 aromatic heterocycles. The van der Waals surface area contributed by atoms with Gasteiger partial charge in [-0.15, -0.1) is 11.3 Å². The third-order valence-corrected chi connectivity index (χ3v) is 8.18.